The minimum absolute atomic E-state index is 0.0934. The maximum atomic E-state index is 12.6. The Morgan fingerprint density at radius 1 is 1.30 bits per heavy atom. The number of anilines is 1. The van der Waals surface area contributed by atoms with Crippen LogP contribution < -0.4 is 10.6 Å². The van der Waals surface area contributed by atoms with Crippen LogP contribution in [0.5, 0.6) is 0 Å². The summed E-state index contributed by atoms with van der Waals surface area (Å²) in [6.45, 7) is 6.35. The minimum Gasteiger partial charge on any atom is -0.378 e. The van der Waals surface area contributed by atoms with Crippen LogP contribution in [0.1, 0.15) is 30.6 Å². The molecule has 1 aromatic carbocycles. The van der Waals surface area contributed by atoms with E-state index in [-0.39, 0.29) is 5.91 Å². The Balaban J connectivity index is 2.89. The molecular weight excluding hydrogens is 250 g/mol. The van der Waals surface area contributed by atoms with Crippen molar-refractivity contribution < 1.29 is 4.79 Å². The molecule has 0 bridgehead atoms. The van der Waals surface area contributed by atoms with Gasteiger partial charge >= 0.3 is 0 Å². The molecule has 0 aliphatic heterocycles. The number of carbonyl (C=O) groups excluding carboxylic acids is 1. The van der Waals surface area contributed by atoms with Crippen LogP contribution in [0.4, 0.5) is 5.69 Å². The van der Waals surface area contributed by atoms with Gasteiger partial charge in [-0.3, -0.25) is 4.79 Å². The largest absolute Gasteiger partial charge is 0.378 e. The smallest absolute Gasteiger partial charge is 0.253 e. The summed E-state index contributed by atoms with van der Waals surface area (Å²) in [5.41, 5.74) is 7.35. The van der Waals surface area contributed by atoms with E-state index in [0.717, 1.165) is 30.8 Å². The van der Waals surface area contributed by atoms with Gasteiger partial charge in [0.2, 0.25) is 0 Å². The van der Waals surface area contributed by atoms with E-state index in [2.05, 4.69) is 13.8 Å². The van der Waals surface area contributed by atoms with Gasteiger partial charge in [-0.25, -0.2) is 0 Å². The lowest BCUT2D eigenvalue weighted by molar-refractivity contribution is 0.0735. The first-order valence-electron chi connectivity index (χ1n) is 7.22. The molecule has 20 heavy (non-hydrogen) atoms. The van der Waals surface area contributed by atoms with Gasteiger partial charge in [-0.1, -0.05) is 19.9 Å². The molecule has 0 spiro atoms. The molecule has 4 heteroatoms. The average molecular weight is 277 g/mol. The first-order valence-corrected chi connectivity index (χ1v) is 7.22. The summed E-state index contributed by atoms with van der Waals surface area (Å²) in [5, 5.41) is 0. The summed E-state index contributed by atoms with van der Waals surface area (Å²) in [5.74, 6) is 0.546. The molecule has 0 saturated carbocycles. The third kappa shape index (κ3) is 4.85. The highest BCUT2D eigenvalue weighted by atomic mass is 16.2. The van der Waals surface area contributed by atoms with Crippen molar-refractivity contribution in [2.75, 3.05) is 38.6 Å². The summed E-state index contributed by atoms with van der Waals surface area (Å²) in [7, 11) is 3.95. The first kappa shape index (κ1) is 16.5. The zero-order valence-corrected chi connectivity index (χ0v) is 13.1. The van der Waals surface area contributed by atoms with E-state index in [0.29, 0.717) is 12.5 Å². The molecule has 1 aromatic rings. The number of amides is 1. The normalized spacial score (nSPS) is 10.7. The predicted molar refractivity (Wildman–Crippen MR) is 85.2 cm³/mol. The molecule has 0 heterocycles. The van der Waals surface area contributed by atoms with Gasteiger partial charge in [0.1, 0.15) is 0 Å². The van der Waals surface area contributed by atoms with Gasteiger partial charge in [0.05, 0.1) is 0 Å². The molecule has 0 aliphatic carbocycles. The Morgan fingerprint density at radius 3 is 2.55 bits per heavy atom. The van der Waals surface area contributed by atoms with Gasteiger partial charge in [0.25, 0.3) is 5.91 Å². The lowest BCUT2D eigenvalue weighted by atomic mass is 10.1. The van der Waals surface area contributed by atoms with Crippen molar-refractivity contribution in [2.24, 2.45) is 11.7 Å². The van der Waals surface area contributed by atoms with Gasteiger partial charge in [0.15, 0.2) is 0 Å². The lowest BCUT2D eigenvalue weighted by Crippen LogP contribution is -2.36. The van der Waals surface area contributed by atoms with Crippen LogP contribution in [0.2, 0.25) is 0 Å². The molecule has 2 N–H and O–H groups in total. The van der Waals surface area contributed by atoms with Crippen molar-refractivity contribution in [3.63, 3.8) is 0 Å². The highest BCUT2D eigenvalue weighted by Crippen LogP contribution is 2.16. The van der Waals surface area contributed by atoms with E-state index in [1.54, 1.807) is 0 Å². The molecule has 1 amide bonds. The van der Waals surface area contributed by atoms with Gasteiger partial charge in [0, 0.05) is 38.4 Å². The van der Waals surface area contributed by atoms with Gasteiger partial charge in [-0.15, -0.1) is 0 Å². The van der Waals surface area contributed by atoms with Crippen molar-refractivity contribution in [2.45, 2.75) is 20.3 Å². The van der Waals surface area contributed by atoms with Crippen LogP contribution in [0, 0.1) is 5.92 Å². The van der Waals surface area contributed by atoms with Crippen LogP contribution in [-0.4, -0.2) is 44.5 Å². The molecule has 0 radical (unpaired) electrons. The van der Waals surface area contributed by atoms with E-state index in [1.165, 1.54) is 0 Å². The van der Waals surface area contributed by atoms with Crippen molar-refractivity contribution in [1.82, 2.24) is 4.90 Å². The fourth-order valence-corrected chi connectivity index (χ4v) is 2.10. The SMILES string of the molecule is CC(C)CN(CCCN)C(=O)c1cccc(N(C)C)c1. The number of benzene rings is 1. The summed E-state index contributed by atoms with van der Waals surface area (Å²) >= 11 is 0. The summed E-state index contributed by atoms with van der Waals surface area (Å²) in [6.07, 6.45) is 0.839. The zero-order chi connectivity index (χ0) is 15.1. The predicted octanol–water partition coefficient (Wildman–Crippen LogP) is 2.20. The number of rotatable bonds is 7. The van der Waals surface area contributed by atoms with Crippen molar-refractivity contribution in [3.05, 3.63) is 29.8 Å². The summed E-state index contributed by atoms with van der Waals surface area (Å²) < 4.78 is 0. The maximum Gasteiger partial charge on any atom is 0.253 e. The molecule has 0 aromatic heterocycles. The van der Waals surface area contributed by atoms with E-state index in [4.69, 9.17) is 5.73 Å². The minimum atomic E-state index is 0.0934. The number of carbonyl (C=O) groups is 1. The van der Waals surface area contributed by atoms with Crippen LogP contribution in [-0.2, 0) is 0 Å². The monoisotopic (exact) mass is 277 g/mol. The molecule has 112 valence electrons. The van der Waals surface area contributed by atoms with Crippen LogP contribution in [0.3, 0.4) is 0 Å². The van der Waals surface area contributed by atoms with Gasteiger partial charge < -0.3 is 15.5 Å². The number of nitrogens with zero attached hydrogens (tertiary/aromatic N) is 2. The average Bonchev–Trinajstić information content (AvgIpc) is 2.42. The molecular formula is C16H27N3O. The third-order valence-corrected chi connectivity index (χ3v) is 3.11. The second kappa shape index (κ2) is 7.90. The van der Waals surface area contributed by atoms with Crippen LogP contribution >= 0.6 is 0 Å². The number of nitrogens with two attached hydrogens (primary N) is 1. The summed E-state index contributed by atoms with van der Waals surface area (Å²) in [4.78, 5) is 16.5. The Labute approximate surface area is 122 Å². The summed E-state index contributed by atoms with van der Waals surface area (Å²) in [6, 6.07) is 7.76. The quantitative estimate of drug-likeness (QED) is 0.831. The van der Waals surface area contributed by atoms with Gasteiger partial charge in [-0.05, 0) is 37.1 Å². The van der Waals surface area contributed by atoms with Crippen molar-refractivity contribution in [3.8, 4) is 0 Å². The standard InChI is InChI=1S/C16H27N3O/c1-13(2)12-19(10-6-9-17)16(20)14-7-5-8-15(11-14)18(3)4/h5,7-8,11,13H,6,9-10,12,17H2,1-4H3. The molecule has 1 rings (SSSR count). The fraction of sp³-hybridized carbons (Fsp3) is 0.562. The van der Waals surface area contributed by atoms with Crippen molar-refractivity contribution in [1.29, 1.82) is 0 Å². The number of hydrogen-bond donors (Lipinski definition) is 1. The molecule has 0 fully saturated rings. The van der Waals surface area contributed by atoms with Crippen LogP contribution in [0.15, 0.2) is 24.3 Å². The third-order valence-electron chi connectivity index (χ3n) is 3.11. The van der Waals surface area contributed by atoms with Crippen molar-refractivity contribution >= 4 is 11.6 Å². The van der Waals surface area contributed by atoms with E-state index in [1.807, 2.05) is 48.2 Å². The highest BCUT2D eigenvalue weighted by Gasteiger charge is 2.16. The molecule has 4 nitrogen and oxygen atoms in total. The Kier molecular flexibility index (Phi) is 6.52. The number of hydrogen-bond acceptors (Lipinski definition) is 3. The van der Waals surface area contributed by atoms with E-state index < -0.39 is 0 Å². The highest BCUT2D eigenvalue weighted by molar-refractivity contribution is 5.95. The fourth-order valence-electron chi connectivity index (χ4n) is 2.10. The lowest BCUT2D eigenvalue weighted by Gasteiger charge is -2.25. The molecule has 0 unspecified atom stereocenters. The Morgan fingerprint density at radius 2 is 2.00 bits per heavy atom. The maximum absolute atomic E-state index is 12.6. The van der Waals surface area contributed by atoms with Gasteiger partial charge in [-0.2, -0.15) is 0 Å². The molecule has 0 atom stereocenters. The molecule has 0 aliphatic rings. The topological polar surface area (TPSA) is 49.6 Å². The van der Waals surface area contributed by atoms with E-state index >= 15 is 0 Å². The Hall–Kier alpha value is -1.55. The second-order valence-corrected chi connectivity index (χ2v) is 5.73. The zero-order valence-electron chi connectivity index (χ0n) is 13.1. The van der Waals surface area contributed by atoms with Crippen LogP contribution in [0.25, 0.3) is 0 Å². The molecule has 0 saturated heterocycles. The van der Waals surface area contributed by atoms with E-state index in [9.17, 15) is 4.79 Å². The first-order chi connectivity index (χ1) is 9.45. The Bertz CT molecular complexity index is 429. The second-order valence-electron chi connectivity index (χ2n) is 5.73.